The van der Waals surface area contributed by atoms with Crippen LogP contribution < -0.4 is 5.32 Å². The number of nitrogens with zero attached hydrogens (tertiary/aromatic N) is 2. The van der Waals surface area contributed by atoms with Crippen molar-refractivity contribution in [1.29, 1.82) is 0 Å². The molecule has 0 aliphatic carbocycles. The summed E-state index contributed by atoms with van der Waals surface area (Å²) in [6.07, 6.45) is 2.20. The van der Waals surface area contributed by atoms with Gasteiger partial charge >= 0.3 is 0 Å². The third kappa shape index (κ3) is 1.28. The Morgan fingerprint density at radius 1 is 1.58 bits per heavy atom. The van der Waals surface area contributed by atoms with Crippen LogP contribution in [0.15, 0.2) is 11.6 Å². The molecule has 2 rings (SSSR count). The van der Waals surface area contributed by atoms with E-state index in [1.54, 1.807) is 0 Å². The highest BCUT2D eigenvalue weighted by molar-refractivity contribution is 5.52. The van der Waals surface area contributed by atoms with Crippen molar-refractivity contribution in [2.45, 2.75) is 6.92 Å². The Hall–Kier alpha value is -1.09. The first-order valence-corrected chi connectivity index (χ1v) is 4.16. The summed E-state index contributed by atoms with van der Waals surface area (Å²) in [7, 11) is 1.98. The average molecular weight is 163 g/mol. The number of hydrogen-bond acceptors (Lipinski definition) is 2. The maximum atomic E-state index is 4.27. The molecule has 0 bridgehead atoms. The minimum atomic E-state index is 1.03. The van der Waals surface area contributed by atoms with Gasteiger partial charge in [-0.3, -0.25) is 4.68 Å². The topological polar surface area (TPSA) is 29.9 Å². The van der Waals surface area contributed by atoms with E-state index in [0.29, 0.717) is 0 Å². The van der Waals surface area contributed by atoms with E-state index in [2.05, 4.69) is 22.6 Å². The van der Waals surface area contributed by atoms with Crippen molar-refractivity contribution in [3.63, 3.8) is 0 Å². The van der Waals surface area contributed by atoms with Gasteiger partial charge in [-0.25, -0.2) is 0 Å². The molecule has 0 atom stereocenters. The van der Waals surface area contributed by atoms with Gasteiger partial charge in [0.1, 0.15) is 0 Å². The van der Waals surface area contributed by atoms with Crippen molar-refractivity contribution < 1.29 is 0 Å². The van der Waals surface area contributed by atoms with Gasteiger partial charge in [0.25, 0.3) is 0 Å². The van der Waals surface area contributed by atoms with Gasteiger partial charge in [-0.05, 0) is 24.6 Å². The lowest BCUT2D eigenvalue weighted by Gasteiger charge is -2.18. The lowest BCUT2D eigenvalue weighted by atomic mass is 10.1. The zero-order valence-electron chi connectivity index (χ0n) is 7.46. The fourth-order valence-electron chi connectivity index (χ4n) is 1.35. The first-order chi connectivity index (χ1) is 5.75. The van der Waals surface area contributed by atoms with E-state index in [9.17, 15) is 0 Å². The Balaban J connectivity index is 2.27. The van der Waals surface area contributed by atoms with E-state index in [1.807, 2.05) is 18.7 Å². The Morgan fingerprint density at radius 2 is 2.33 bits per heavy atom. The number of nitrogens with one attached hydrogen (secondary N) is 1. The van der Waals surface area contributed by atoms with Crippen molar-refractivity contribution in [2.24, 2.45) is 7.05 Å². The summed E-state index contributed by atoms with van der Waals surface area (Å²) in [6, 6.07) is 2.10. The molecule has 1 saturated heterocycles. The van der Waals surface area contributed by atoms with Gasteiger partial charge in [-0.1, -0.05) is 0 Å². The second-order valence-electron chi connectivity index (χ2n) is 3.24. The third-order valence-electron chi connectivity index (χ3n) is 2.09. The summed E-state index contributed by atoms with van der Waals surface area (Å²) in [6.45, 7) is 4.08. The molecule has 12 heavy (non-hydrogen) atoms. The molecule has 1 fully saturated rings. The van der Waals surface area contributed by atoms with Gasteiger partial charge in [0, 0.05) is 20.1 Å². The van der Waals surface area contributed by atoms with E-state index >= 15 is 0 Å². The first kappa shape index (κ1) is 7.55. The van der Waals surface area contributed by atoms with Crippen LogP contribution in [0.1, 0.15) is 11.4 Å². The van der Waals surface area contributed by atoms with E-state index in [-0.39, 0.29) is 0 Å². The summed E-state index contributed by atoms with van der Waals surface area (Å²) in [4.78, 5) is 0. The Morgan fingerprint density at radius 3 is 2.75 bits per heavy atom. The van der Waals surface area contributed by atoms with Crippen LogP contribution >= 0.6 is 0 Å². The minimum absolute atomic E-state index is 1.03. The summed E-state index contributed by atoms with van der Waals surface area (Å²) in [5.74, 6) is 0. The Bertz CT molecular complexity index is 317. The second-order valence-corrected chi connectivity index (χ2v) is 3.24. The molecule has 1 aliphatic heterocycles. The zero-order chi connectivity index (χ0) is 8.55. The van der Waals surface area contributed by atoms with Crippen molar-refractivity contribution in [2.75, 3.05) is 13.1 Å². The smallest absolute Gasteiger partial charge is 0.0609 e. The zero-order valence-corrected chi connectivity index (χ0v) is 7.46. The standard InChI is InChI=1S/C9H13N3/c1-7-3-9(12(2)11-7)4-8-5-10-6-8/h3-4,10H,5-6H2,1-2H3. The largest absolute Gasteiger partial charge is 0.309 e. The molecule has 0 saturated carbocycles. The third-order valence-corrected chi connectivity index (χ3v) is 2.09. The molecule has 1 N–H and O–H groups in total. The summed E-state index contributed by atoms with van der Waals surface area (Å²) in [5.41, 5.74) is 3.73. The number of rotatable bonds is 1. The molecule has 64 valence electrons. The Labute approximate surface area is 72.1 Å². The van der Waals surface area contributed by atoms with Gasteiger partial charge < -0.3 is 5.32 Å². The fraction of sp³-hybridized carbons (Fsp3) is 0.444. The van der Waals surface area contributed by atoms with Crippen LogP contribution in [0.4, 0.5) is 0 Å². The van der Waals surface area contributed by atoms with Crippen molar-refractivity contribution in [3.8, 4) is 0 Å². The van der Waals surface area contributed by atoms with Gasteiger partial charge in [0.05, 0.1) is 11.4 Å². The van der Waals surface area contributed by atoms with E-state index in [1.165, 1.54) is 11.3 Å². The van der Waals surface area contributed by atoms with Crippen LogP contribution in [0.25, 0.3) is 6.08 Å². The van der Waals surface area contributed by atoms with E-state index in [0.717, 1.165) is 18.8 Å². The van der Waals surface area contributed by atoms with E-state index in [4.69, 9.17) is 0 Å². The molecule has 0 aromatic carbocycles. The highest BCUT2D eigenvalue weighted by atomic mass is 15.3. The molecular formula is C9H13N3. The second kappa shape index (κ2) is 2.75. The van der Waals surface area contributed by atoms with Crippen LogP contribution in [0.3, 0.4) is 0 Å². The molecule has 3 heteroatoms. The molecule has 2 heterocycles. The molecule has 1 aliphatic rings. The molecule has 0 unspecified atom stereocenters. The highest BCUT2D eigenvalue weighted by Gasteiger charge is 2.08. The fourth-order valence-corrected chi connectivity index (χ4v) is 1.35. The maximum Gasteiger partial charge on any atom is 0.0609 e. The van der Waals surface area contributed by atoms with Crippen LogP contribution in [0.5, 0.6) is 0 Å². The molecule has 0 radical (unpaired) electrons. The van der Waals surface area contributed by atoms with Crippen molar-refractivity contribution in [1.82, 2.24) is 15.1 Å². The SMILES string of the molecule is Cc1cc(C=C2CNC2)n(C)n1. The summed E-state index contributed by atoms with van der Waals surface area (Å²) in [5, 5.41) is 7.48. The lowest BCUT2D eigenvalue weighted by molar-refractivity contribution is 0.672. The number of aromatic nitrogens is 2. The van der Waals surface area contributed by atoms with Crippen LogP contribution in [-0.2, 0) is 7.05 Å². The van der Waals surface area contributed by atoms with Gasteiger partial charge in [-0.2, -0.15) is 5.10 Å². The molecule has 0 amide bonds. The van der Waals surface area contributed by atoms with Gasteiger partial charge in [-0.15, -0.1) is 0 Å². The molecule has 1 aromatic heterocycles. The highest BCUT2D eigenvalue weighted by Crippen LogP contribution is 2.10. The van der Waals surface area contributed by atoms with Crippen LogP contribution in [0, 0.1) is 6.92 Å². The first-order valence-electron chi connectivity index (χ1n) is 4.16. The van der Waals surface area contributed by atoms with Crippen molar-refractivity contribution >= 4 is 6.08 Å². The molecule has 3 nitrogen and oxygen atoms in total. The molecular weight excluding hydrogens is 150 g/mol. The molecule has 0 spiro atoms. The Kier molecular flexibility index (Phi) is 1.73. The van der Waals surface area contributed by atoms with Gasteiger partial charge in [0.2, 0.25) is 0 Å². The van der Waals surface area contributed by atoms with Crippen LogP contribution in [-0.4, -0.2) is 22.9 Å². The predicted octanol–water partition coefficient (Wildman–Crippen LogP) is 0.715. The lowest BCUT2D eigenvalue weighted by Crippen LogP contribution is -2.33. The summed E-state index contributed by atoms with van der Waals surface area (Å²) < 4.78 is 1.92. The minimum Gasteiger partial charge on any atom is -0.309 e. The van der Waals surface area contributed by atoms with E-state index < -0.39 is 0 Å². The maximum absolute atomic E-state index is 4.27. The quantitative estimate of drug-likeness (QED) is 0.661. The number of hydrogen-bond donors (Lipinski definition) is 1. The predicted molar refractivity (Wildman–Crippen MR) is 48.8 cm³/mol. The van der Waals surface area contributed by atoms with Gasteiger partial charge in [0.15, 0.2) is 0 Å². The monoisotopic (exact) mass is 163 g/mol. The summed E-state index contributed by atoms with van der Waals surface area (Å²) >= 11 is 0. The average Bonchev–Trinajstić information content (AvgIpc) is 2.21. The molecule has 1 aromatic rings. The number of aryl methyl sites for hydroxylation is 2. The normalized spacial score (nSPS) is 16.0. The van der Waals surface area contributed by atoms with Crippen molar-refractivity contribution in [3.05, 3.63) is 23.0 Å². The van der Waals surface area contributed by atoms with Crippen LogP contribution in [0.2, 0.25) is 0 Å².